The van der Waals surface area contributed by atoms with Crippen LogP contribution in [0.2, 0.25) is 0 Å². The summed E-state index contributed by atoms with van der Waals surface area (Å²) in [6.07, 6.45) is 2.96. The van der Waals surface area contributed by atoms with Gasteiger partial charge in [-0.25, -0.2) is 9.97 Å². The summed E-state index contributed by atoms with van der Waals surface area (Å²) >= 11 is 0. The fraction of sp³-hybridized carbons (Fsp3) is 0.143. The molecule has 21 heavy (non-hydrogen) atoms. The summed E-state index contributed by atoms with van der Waals surface area (Å²) in [6.45, 7) is 0.174. The van der Waals surface area contributed by atoms with Gasteiger partial charge >= 0.3 is 0 Å². The summed E-state index contributed by atoms with van der Waals surface area (Å²) in [5.74, 6) is 1.01. The van der Waals surface area contributed by atoms with E-state index in [-0.39, 0.29) is 12.6 Å². The van der Waals surface area contributed by atoms with E-state index in [4.69, 9.17) is 9.47 Å². The molecule has 2 aromatic heterocycles. The van der Waals surface area contributed by atoms with Gasteiger partial charge in [-0.1, -0.05) is 0 Å². The summed E-state index contributed by atoms with van der Waals surface area (Å²) < 4.78 is 12.1. The highest BCUT2D eigenvalue weighted by Gasteiger charge is 2.20. The van der Waals surface area contributed by atoms with E-state index in [1.807, 2.05) is 0 Å². The van der Waals surface area contributed by atoms with Gasteiger partial charge in [0.25, 0.3) is 0 Å². The van der Waals surface area contributed by atoms with E-state index in [2.05, 4.69) is 15.1 Å². The quantitative estimate of drug-likeness (QED) is 0.660. The molecule has 4 rings (SSSR count). The predicted molar refractivity (Wildman–Crippen MR) is 72.3 cm³/mol. The molecule has 0 saturated carbocycles. The fourth-order valence-electron chi connectivity index (χ4n) is 2.32. The molecule has 3 aromatic rings. The number of ketones is 1. The second-order valence-corrected chi connectivity index (χ2v) is 4.62. The summed E-state index contributed by atoms with van der Waals surface area (Å²) in [5, 5.41) is 4.74. The van der Waals surface area contributed by atoms with Gasteiger partial charge in [-0.05, 0) is 18.2 Å². The van der Waals surface area contributed by atoms with E-state index < -0.39 is 0 Å². The third-order valence-electron chi connectivity index (χ3n) is 3.38. The molecule has 0 amide bonds. The van der Waals surface area contributed by atoms with Crippen molar-refractivity contribution < 1.29 is 14.3 Å². The van der Waals surface area contributed by atoms with Crippen LogP contribution in [0.25, 0.3) is 11.0 Å². The van der Waals surface area contributed by atoms with Crippen LogP contribution in [0.1, 0.15) is 16.1 Å². The summed E-state index contributed by atoms with van der Waals surface area (Å²) in [6, 6.07) is 5.08. The number of carbonyl (C=O) groups excluding carboxylic acids is 1. The molecule has 3 heterocycles. The maximum Gasteiger partial charge on any atom is 0.231 e. The average molecular weight is 282 g/mol. The topological polar surface area (TPSA) is 79.1 Å². The Morgan fingerprint density at radius 2 is 2.10 bits per heavy atom. The van der Waals surface area contributed by atoms with Crippen LogP contribution in [-0.4, -0.2) is 32.3 Å². The molecule has 7 heteroatoms. The van der Waals surface area contributed by atoms with Crippen LogP contribution in [0.3, 0.4) is 0 Å². The van der Waals surface area contributed by atoms with Crippen LogP contribution in [0.4, 0.5) is 0 Å². The summed E-state index contributed by atoms with van der Waals surface area (Å²) in [4.78, 5) is 20.9. The molecule has 0 bridgehead atoms. The number of aryl methyl sites for hydroxylation is 1. The first-order chi connectivity index (χ1) is 10.2. The molecule has 104 valence electrons. The van der Waals surface area contributed by atoms with Crippen molar-refractivity contribution in [3.63, 3.8) is 0 Å². The van der Waals surface area contributed by atoms with Gasteiger partial charge in [0.2, 0.25) is 12.6 Å². The number of carbonyl (C=O) groups is 1. The largest absolute Gasteiger partial charge is 0.454 e. The standard InChI is InChI=1S/C14H10N4O3/c1-18-14-9(5-17-18)12(15-6-16-14)13(19)8-2-3-10-11(4-8)21-7-20-10/h2-6H,7H2,1H3. The van der Waals surface area contributed by atoms with Gasteiger partial charge in [0.1, 0.15) is 12.0 Å². The van der Waals surface area contributed by atoms with Crippen molar-refractivity contribution in [1.82, 2.24) is 19.7 Å². The SMILES string of the molecule is Cn1ncc2c(C(=O)c3ccc4c(c3)OCO4)ncnc21. The first kappa shape index (κ1) is 11.8. The molecular formula is C14H10N4O3. The normalized spacial score (nSPS) is 12.8. The zero-order valence-corrected chi connectivity index (χ0v) is 11.1. The number of fused-ring (bicyclic) bond motifs is 2. The van der Waals surface area contributed by atoms with Crippen LogP contribution in [0.5, 0.6) is 11.5 Å². The van der Waals surface area contributed by atoms with Crippen molar-refractivity contribution in [3.05, 3.63) is 42.0 Å². The number of benzene rings is 1. The lowest BCUT2D eigenvalue weighted by Crippen LogP contribution is -2.05. The van der Waals surface area contributed by atoms with Gasteiger partial charge in [-0.3, -0.25) is 9.48 Å². The van der Waals surface area contributed by atoms with Gasteiger partial charge in [-0.15, -0.1) is 0 Å². The zero-order valence-electron chi connectivity index (χ0n) is 11.1. The Morgan fingerprint density at radius 3 is 3.00 bits per heavy atom. The molecule has 0 unspecified atom stereocenters. The zero-order chi connectivity index (χ0) is 14.4. The molecule has 0 atom stereocenters. The Morgan fingerprint density at radius 1 is 1.24 bits per heavy atom. The van der Waals surface area contributed by atoms with E-state index in [0.717, 1.165) is 0 Å². The molecule has 1 aliphatic rings. The predicted octanol–water partition coefficient (Wildman–Crippen LogP) is 1.32. The molecule has 0 saturated heterocycles. The Hall–Kier alpha value is -2.96. The minimum atomic E-state index is -0.200. The molecule has 0 fully saturated rings. The fourth-order valence-corrected chi connectivity index (χ4v) is 2.32. The minimum absolute atomic E-state index is 0.174. The number of ether oxygens (including phenoxy) is 2. The van der Waals surface area contributed by atoms with E-state index >= 15 is 0 Å². The minimum Gasteiger partial charge on any atom is -0.454 e. The maximum atomic E-state index is 12.6. The van der Waals surface area contributed by atoms with Gasteiger partial charge in [0, 0.05) is 12.6 Å². The lowest BCUT2D eigenvalue weighted by Gasteiger charge is -2.03. The van der Waals surface area contributed by atoms with Gasteiger partial charge in [-0.2, -0.15) is 5.10 Å². The summed E-state index contributed by atoms with van der Waals surface area (Å²) in [7, 11) is 1.77. The molecular weight excluding hydrogens is 272 g/mol. The number of rotatable bonds is 2. The average Bonchev–Trinajstić information content (AvgIpc) is 3.12. The summed E-state index contributed by atoms with van der Waals surface area (Å²) in [5.41, 5.74) is 1.43. The lowest BCUT2D eigenvalue weighted by molar-refractivity contribution is 0.103. The van der Waals surface area contributed by atoms with Gasteiger partial charge in [0.15, 0.2) is 17.1 Å². The Labute approximate surface area is 119 Å². The Balaban J connectivity index is 1.83. The number of hydrogen-bond acceptors (Lipinski definition) is 6. The van der Waals surface area contributed by atoms with Crippen LogP contribution >= 0.6 is 0 Å². The first-order valence-electron chi connectivity index (χ1n) is 6.31. The molecule has 0 N–H and O–H groups in total. The van der Waals surface area contributed by atoms with Crippen LogP contribution < -0.4 is 9.47 Å². The molecule has 1 aromatic carbocycles. The molecule has 0 aliphatic carbocycles. The van der Waals surface area contributed by atoms with Crippen molar-refractivity contribution in [2.24, 2.45) is 7.05 Å². The first-order valence-corrected chi connectivity index (χ1v) is 6.31. The van der Waals surface area contributed by atoms with E-state index in [1.165, 1.54) is 6.33 Å². The molecule has 0 radical (unpaired) electrons. The lowest BCUT2D eigenvalue weighted by atomic mass is 10.1. The Bertz CT molecular complexity index is 872. The molecule has 1 aliphatic heterocycles. The number of hydrogen-bond donors (Lipinski definition) is 0. The third kappa shape index (κ3) is 1.74. The highest BCUT2D eigenvalue weighted by molar-refractivity contribution is 6.14. The highest BCUT2D eigenvalue weighted by Crippen LogP contribution is 2.33. The second-order valence-electron chi connectivity index (χ2n) is 4.62. The molecule has 0 spiro atoms. The van der Waals surface area contributed by atoms with Crippen molar-refractivity contribution in [3.8, 4) is 11.5 Å². The van der Waals surface area contributed by atoms with Crippen molar-refractivity contribution in [1.29, 1.82) is 0 Å². The van der Waals surface area contributed by atoms with E-state index in [0.29, 0.717) is 33.8 Å². The second kappa shape index (κ2) is 4.27. The van der Waals surface area contributed by atoms with Crippen LogP contribution in [0, 0.1) is 0 Å². The number of nitrogens with zero attached hydrogens (tertiary/aromatic N) is 4. The Kier molecular flexibility index (Phi) is 2.41. The van der Waals surface area contributed by atoms with Gasteiger partial charge in [0.05, 0.1) is 11.6 Å². The maximum absolute atomic E-state index is 12.6. The van der Waals surface area contributed by atoms with E-state index in [9.17, 15) is 4.79 Å². The van der Waals surface area contributed by atoms with Crippen molar-refractivity contribution in [2.45, 2.75) is 0 Å². The van der Waals surface area contributed by atoms with Crippen LogP contribution in [0.15, 0.2) is 30.7 Å². The van der Waals surface area contributed by atoms with Gasteiger partial charge < -0.3 is 9.47 Å². The highest BCUT2D eigenvalue weighted by atomic mass is 16.7. The number of aromatic nitrogens is 4. The third-order valence-corrected chi connectivity index (χ3v) is 3.38. The van der Waals surface area contributed by atoms with Crippen molar-refractivity contribution >= 4 is 16.8 Å². The monoisotopic (exact) mass is 282 g/mol. The van der Waals surface area contributed by atoms with E-state index in [1.54, 1.807) is 36.1 Å². The van der Waals surface area contributed by atoms with Crippen molar-refractivity contribution in [2.75, 3.05) is 6.79 Å². The molecule has 7 nitrogen and oxygen atoms in total. The smallest absolute Gasteiger partial charge is 0.231 e. The van der Waals surface area contributed by atoms with Crippen LogP contribution in [-0.2, 0) is 7.05 Å².